The van der Waals surface area contributed by atoms with Gasteiger partial charge in [0.05, 0.1) is 6.10 Å². The number of rotatable bonds is 2. The van der Waals surface area contributed by atoms with Crippen LogP contribution in [0.3, 0.4) is 0 Å². The highest BCUT2D eigenvalue weighted by Gasteiger charge is 2.33. The van der Waals surface area contributed by atoms with Crippen LogP contribution >= 0.6 is 11.6 Å². The molecule has 1 aromatic rings. The van der Waals surface area contributed by atoms with Crippen LogP contribution in [0, 0.1) is 28.9 Å². The smallest absolute Gasteiger partial charge is 0.160 e. The first-order valence-corrected chi connectivity index (χ1v) is 7.90. The van der Waals surface area contributed by atoms with Gasteiger partial charge in [-0.05, 0) is 55.1 Å². The minimum Gasteiger partial charge on any atom is -0.388 e. The first kappa shape index (κ1) is 16.7. The van der Waals surface area contributed by atoms with E-state index in [0.717, 1.165) is 37.8 Å². The summed E-state index contributed by atoms with van der Waals surface area (Å²) in [6.45, 7) is 6.71. The summed E-state index contributed by atoms with van der Waals surface area (Å²) in [5, 5.41) is 10.6. The summed E-state index contributed by atoms with van der Waals surface area (Å²) in [5.74, 6) is -1.24. The van der Waals surface area contributed by atoms with Gasteiger partial charge < -0.3 is 5.11 Å². The maximum atomic E-state index is 13.4. The Morgan fingerprint density at radius 1 is 1.10 bits per heavy atom. The molecule has 1 aliphatic carbocycles. The predicted molar refractivity (Wildman–Crippen MR) is 81.2 cm³/mol. The van der Waals surface area contributed by atoms with E-state index in [2.05, 4.69) is 20.8 Å². The Kier molecular flexibility index (Phi) is 4.94. The van der Waals surface area contributed by atoms with Crippen molar-refractivity contribution in [3.63, 3.8) is 0 Å². The Bertz CT molecular complexity index is 502. The van der Waals surface area contributed by atoms with Gasteiger partial charge in [0.1, 0.15) is 0 Å². The van der Waals surface area contributed by atoms with Gasteiger partial charge in [0.15, 0.2) is 11.6 Å². The zero-order valence-corrected chi connectivity index (χ0v) is 13.6. The van der Waals surface area contributed by atoms with Crippen LogP contribution in [0.25, 0.3) is 0 Å². The van der Waals surface area contributed by atoms with E-state index in [1.165, 1.54) is 0 Å². The predicted octanol–water partition coefficient (Wildman–Crippen LogP) is 5.50. The molecule has 0 heterocycles. The van der Waals surface area contributed by atoms with Crippen molar-refractivity contribution in [1.82, 2.24) is 0 Å². The van der Waals surface area contributed by atoms with E-state index < -0.39 is 17.7 Å². The van der Waals surface area contributed by atoms with E-state index in [-0.39, 0.29) is 16.4 Å². The highest BCUT2D eigenvalue weighted by atomic mass is 35.5. The van der Waals surface area contributed by atoms with Gasteiger partial charge in [0.2, 0.25) is 0 Å². The number of hydrogen-bond donors (Lipinski definition) is 1. The van der Waals surface area contributed by atoms with Crippen LogP contribution in [0.15, 0.2) is 12.1 Å². The molecule has 0 amide bonds. The molecular formula is C17H23ClF2O. The Morgan fingerprint density at radius 3 is 2.14 bits per heavy atom. The molecular weight excluding hydrogens is 294 g/mol. The molecule has 1 fully saturated rings. The van der Waals surface area contributed by atoms with E-state index in [1.54, 1.807) is 0 Å². The molecule has 0 aliphatic heterocycles. The quantitative estimate of drug-likeness (QED) is 0.714. The molecule has 1 atom stereocenters. The van der Waals surface area contributed by atoms with E-state index in [4.69, 9.17) is 11.6 Å². The van der Waals surface area contributed by atoms with Crippen LogP contribution in [0.5, 0.6) is 0 Å². The van der Waals surface area contributed by atoms with Crippen molar-refractivity contribution in [2.24, 2.45) is 17.3 Å². The second-order valence-electron chi connectivity index (χ2n) is 7.21. The molecule has 0 bridgehead atoms. The van der Waals surface area contributed by atoms with Crippen molar-refractivity contribution >= 4 is 11.6 Å². The largest absolute Gasteiger partial charge is 0.388 e. The van der Waals surface area contributed by atoms with Crippen LogP contribution in [-0.4, -0.2) is 5.11 Å². The zero-order valence-electron chi connectivity index (χ0n) is 12.8. The van der Waals surface area contributed by atoms with Crippen molar-refractivity contribution in [1.29, 1.82) is 0 Å². The zero-order chi connectivity index (χ0) is 15.8. The molecule has 0 spiro atoms. The lowest BCUT2D eigenvalue weighted by molar-refractivity contribution is 0.0526. The Balaban J connectivity index is 2.09. The Labute approximate surface area is 130 Å². The highest BCUT2D eigenvalue weighted by Crippen LogP contribution is 2.44. The molecule has 2 rings (SSSR count). The van der Waals surface area contributed by atoms with Gasteiger partial charge in [-0.15, -0.1) is 0 Å². The van der Waals surface area contributed by atoms with Crippen molar-refractivity contribution in [2.45, 2.75) is 52.6 Å². The average Bonchev–Trinajstić information content (AvgIpc) is 2.41. The summed E-state index contributed by atoms with van der Waals surface area (Å²) in [6.07, 6.45) is 3.05. The first-order chi connectivity index (χ1) is 9.70. The van der Waals surface area contributed by atoms with E-state index >= 15 is 0 Å². The SMILES string of the molecule is CC(C)(C)C1CCC(C(O)c2cc(F)c(F)cc2Cl)CC1. The summed E-state index contributed by atoms with van der Waals surface area (Å²) in [6, 6.07) is 1.97. The van der Waals surface area contributed by atoms with Crippen LogP contribution in [0.1, 0.15) is 58.1 Å². The second-order valence-corrected chi connectivity index (χ2v) is 7.62. The third-order valence-electron chi connectivity index (χ3n) is 4.80. The number of benzene rings is 1. The minimum atomic E-state index is -0.979. The van der Waals surface area contributed by atoms with Gasteiger partial charge in [-0.25, -0.2) is 8.78 Å². The normalized spacial score (nSPS) is 24.9. The Hall–Kier alpha value is -0.670. The van der Waals surface area contributed by atoms with Crippen LogP contribution < -0.4 is 0 Å². The van der Waals surface area contributed by atoms with Crippen molar-refractivity contribution in [3.05, 3.63) is 34.4 Å². The van der Waals surface area contributed by atoms with Gasteiger partial charge in [-0.1, -0.05) is 32.4 Å². The van der Waals surface area contributed by atoms with Crippen LogP contribution in [0.2, 0.25) is 5.02 Å². The second kappa shape index (κ2) is 6.21. The monoisotopic (exact) mass is 316 g/mol. The number of halogens is 3. The van der Waals surface area contributed by atoms with Crippen molar-refractivity contribution in [3.8, 4) is 0 Å². The van der Waals surface area contributed by atoms with Gasteiger partial charge in [0.25, 0.3) is 0 Å². The van der Waals surface area contributed by atoms with E-state index in [1.807, 2.05) is 0 Å². The topological polar surface area (TPSA) is 20.2 Å². The van der Waals surface area contributed by atoms with Gasteiger partial charge >= 0.3 is 0 Å². The lowest BCUT2D eigenvalue weighted by Gasteiger charge is -2.38. The summed E-state index contributed by atoms with van der Waals surface area (Å²) in [7, 11) is 0. The molecule has 0 saturated heterocycles. The standard InChI is InChI=1S/C17H23ClF2O/c1-17(2,3)11-6-4-10(5-7-11)16(21)12-8-14(19)15(20)9-13(12)18/h8-11,16,21H,4-7H2,1-3H3. The number of hydrogen-bond acceptors (Lipinski definition) is 1. The lowest BCUT2D eigenvalue weighted by Crippen LogP contribution is -2.28. The number of aliphatic hydroxyl groups excluding tert-OH is 1. The molecule has 21 heavy (non-hydrogen) atoms. The van der Waals surface area contributed by atoms with Crippen molar-refractivity contribution < 1.29 is 13.9 Å². The molecule has 1 unspecified atom stereocenters. The van der Waals surface area contributed by atoms with Gasteiger partial charge in [0, 0.05) is 10.6 Å². The van der Waals surface area contributed by atoms with E-state index in [0.29, 0.717) is 11.5 Å². The Morgan fingerprint density at radius 2 is 1.62 bits per heavy atom. The number of aliphatic hydroxyl groups is 1. The summed E-state index contributed by atoms with van der Waals surface area (Å²) < 4.78 is 26.5. The highest BCUT2D eigenvalue weighted by molar-refractivity contribution is 6.31. The van der Waals surface area contributed by atoms with E-state index in [9.17, 15) is 13.9 Å². The summed E-state index contributed by atoms with van der Waals surface area (Å²) in [4.78, 5) is 0. The molecule has 1 saturated carbocycles. The third kappa shape index (κ3) is 3.75. The lowest BCUT2D eigenvalue weighted by atomic mass is 9.68. The minimum absolute atomic E-state index is 0.0611. The molecule has 1 N–H and O–H groups in total. The maximum Gasteiger partial charge on any atom is 0.160 e. The molecule has 4 heteroatoms. The van der Waals surface area contributed by atoms with Crippen LogP contribution in [-0.2, 0) is 0 Å². The van der Waals surface area contributed by atoms with Gasteiger partial charge in [-0.2, -0.15) is 0 Å². The molecule has 1 aliphatic rings. The fourth-order valence-electron chi connectivity index (χ4n) is 3.32. The summed E-state index contributed by atoms with van der Waals surface area (Å²) >= 11 is 5.95. The fraction of sp³-hybridized carbons (Fsp3) is 0.647. The molecule has 118 valence electrons. The molecule has 1 nitrogen and oxygen atoms in total. The van der Waals surface area contributed by atoms with Gasteiger partial charge in [-0.3, -0.25) is 0 Å². The maximum absolute atomic E-state index is 13.4. The van der Waals surface area contributed by atoms with Crippen LogP contribution in [0.4, 0.5) is 8.78 Å². The van der Waals surface area contributed by atoms with Crippen molar-refractivity contribution in [2.75, 3.05) is 0 Å². The molecule has 0 aromatic heterocycles. The average molecular weight is 317 g/mol. The molecule has 0 radical (unpaired) electrons. The first-order valence-electron chi connectivity index (χ1n) is 7.52. The third-order valence-corrected chi connectivity index (χ3v) is 5.13. The molecule has 1 aromatic carbocycles. The fourth-order valence-corrected chi connectivity index (χ4v) is 3.58. The summed E-state index contributed by atoms with van der Waals surface area (Å²) in [5.41, 5.74) is 0.574.